The molecule has 0 unspecified atom stereocenters. The van der Waals surface area contributed by atoms with Crippen LogP contribution in [-0.2, 0) is 0 Å². The lowest BCUT2D eigenvalue weighted by atomic mass is 9.86. The topological polar surface area (TPSA) is 29.1 Å². The molecule has 3 heteroatoms. The zero-order valence-corrected chi connectivity index (χ0v) is 10.3. The molecule has 0 radical (unpaired) electrons. The molecule has 86 valence electrons. The Bertz CT molecular complexity index is 196. The molecule has 1 aliphatic rings. The van der Waals surface area contributed by atoms with Crippen LogP contribution in [0.5, 0.6) is 0 Å². The molecule has 1 fully saturated rings. The van der Waals surface area contributed by atoms with Gasteiger partial charge in [-0.3, -0.25) is 4.79 Å². The maximum atomic E-state index is 11.2. The minimum absolute atomic E-state index is 0.0587. The first kappa shape index (κ1) is 12.6. The van der Waals surface area contributed by atoms with Gasteiger partial charge >= 0.3 is 0 Å². The Kier molecular flexibility index (Phi) is 5.20. The van der Waals surface area contributed by atoms with Crippen molar-refractivity contribution in [3.63, 3.8) is 0 Å². The van der Waals surface area contributed by atoms with Gasteiger partial charge in [0.2, 0.25) is 7.85 Å². The molecule has 0 atom stereocenters. The molecule has 0 aromatic carbocycles. The third-order valence-electron chi connectivity index (χ3n) is 3.43. The highest BCUT2D eigenvalue weighted by molar-refractivity contribution is 6.57. The summed E-state index contributed by atoms with van der Waals surface area (Å²) >= 11 is 0. The highest BCUT2D eigenvalue weighted by atomic mass is 16.1. The first-order valence-electron chi connectivity index (χ1n) is 6.41. The van der Waals surface area contributed by atoms with Gasteiger partial charge in [0.25, 0.3) is 0 Å². The van der Waals surface area contributed by atoms with Crippen LogP contribution in [0.4, 0.5) is 4.79 Å². The minimum atomic E-state index is 0.0587. The molecule has 1 amide bonds. The highest BCUT2D eigenvalue weighted by Crippen LogP contribution is 2.24. The maximum Gasteiger partial charge on any atom is 0.215 e. The molecule has 0 aromatic rings. The van der Waals surface area contributed by atoms with E-state index in [2.05, 4.69) is 12.2 Å². The SMILES string of the molecule is BC(=O)NC1(C)CCCCCCCCC1. The maximum absolute atomic E-state index is 11.2. The number of amides is 1. The van der Waals surface area contributed by atoms with Crippen LogP contribution in [0.3, 0.4) is 0 Å². The Morgan fingerprint density at radius 3 is 1.80 bits per heavy atom. The fourth-order valence-electron chi connectivity index (χ4n) is 2.59. The predicted molar refractivity (Wildman–Crippen MR) is 67.0 cm³/mol. The van der Waals surface area contributed by atoms with Gasteiger partial charge in [-0.15, -0.1) is 0 Å². The Balaban J connectivity index is 2.46. The fraction of sp³-hybridized carbons (Fsp3) is 0.917. The molecule has 1 saturated carbocycles. The summed E-state index contributed by atoms with van der Waals surface area (Å²) in [6.45, 7) is 2.20. The molecule has 0 bridgehead atoms. The van der Waals surface area contributed by atoms with Crippen molar-refractivity contribution < 1.29 is 4.79 Å². The highest BCUT2D eigenvalue weighted by Gasteiger charge is 2.24. The number of hydrogen-bond donors (Lipinski definition) is 1. The summed E-state index contributed by atoms with van der Waals surface area (Å²) in [4.78, 5) is 11.2. The van der Waals surface area contributed by atoms with Crippen molar-refractivity contribution in [2.24, 2.45) is 0 Å². The van der Waals surface area contributed by atoms with Crippen molar-refractivity contribution in [2.75, 3.05) is 0 Å². The Hall–Kier alpha value is -0.465. The summed E-state index contributed by atoms with van der Waals surface area (Å²) in [6, 6.07) is 0. The van der Waals surface area contributed by atoms with Crippen LogP contribution in [0.15, 0.2) is 0 Å². The zero-order valence-electron chi connectivity index (χ0n) is 10.3. The first-order chi connectivity index (χ1) is 7.12. The van der Waals surface area contributed by atoms with E-state index in [1.165, 1.54) is 44.9 Å². The third kappa shape index (κ3) is 5.24. The number of hydrogen-bond acceptors (Lipinski definition) is 1. The van der Waals surface area contributed by atoms with Crippen LogP contribution in [-0.4, -0.2) is 19.2 Å². The van der Waals surface area contributed by atoms with Gasteiger partial charge in [-0.25, -0.2) is 0 Å². The Morgan fingerprint density at radius 1 is 1.00 bits per heavy atom. The van der Waals surface area contributed by atoms with E-state index in [0.29, 0.717) is 0 Å². The molecule has 1 aliphatic carbocycles. The van der Waals surface area contributed by atoms with E-state index in [4.69, 9.17) is 0 Å². The number of carbonyl (C=O) groups is 1. The van der Waals surface area contributed by atoms with Gasteiger partial charge in [0.1, 0.15) is 0 Å². The van der Waals surface area contributed by atoms with Gasteiger partial charge in [0.05, 0.1) is 0 Å². The molecule has 1 rings (SSSR count). The van der Waals surface area contributed by atoms with E-state index in [9.17, 15) is 4.79 Å². The van der Waals surface area contributed by atoms with Gasteiger partial charge < -0.3 is 5.32 Å². The third-order valence-corrected chi connectivity index (χ3v) is 3.43. The van der Waals surface area contributed by atoms with Crippen molar-refractivity contribution in [1.29, 1.82) is 0 Å². The molecule has 0 aliphatic heterocycles. The standard InChI is InChI=1S/C12H24BNO/c1-12(14-11(13)15)9-7-5-3-2-4-6-8-10-12/h2-10,13H2,1H3,(H,14,15). The fourth-order valence-corrected chi connectivity index (χ4v) is 2.59. The molecule has 0 heterocycles. The van der Waals surface area contributed by atoms with Gasteiger partial charge in [0.15, 0.2) is 5.81 Å². The van der Waals surface area contributed by atoms with E-state index in [0.717, 1.165) is 12.8 Å². The van der Waals surface area contributed by atoms with Gasteiger partial charge in [-0.2, -0.15) is 0 Å². The van der Waals surface area contributed by atoms with Crippen LogP contribution in [0.1, 0.15) is 64.7 Å². The van der Waals surface area contributed by atoms with E-state index in [-0.39, 0.29) is 11.3 Å². The number of rotatable bonds is 1. The zero-order chi connectivity index (χ0) is 11.1. The largest absolute Gasteiger partial charge is 0.360 e. The molecular formula is C12H24BNO. The lowest BCUT2D eigenvalue weighted by Gasteiger charge is -2.31. The second-order valence-electron chi connectivity index (χ2n) is 5.22. The average Bonchev–Trinajstić information content (AvgIpc) is 2.14. The second-order valence-corrected chi connectivity index (χ2v) is 5.22. The number of nitrogens with one attached hydrogen (secondary N) is 1. The summed E-state index contributed by atoms with van der Waals surface area (Å²) in [7, 11) is 1.63. The average molecular weight is 209 g/mol. The minimum Gasteiger partial charge on any atom is -0.360 e. The van der Waals surface area contributed by atoms with Crippen molar-refractivity contribution in [2.45, 2.75) is 70.3 Å². The van der Waals surface area contributed by atoms with Crippen LogP contribution < -0.4 is 5.32 Å². The molecular weight excluding hydrogens is 185 g/mol. The van der Waals surface area contributed by atoms with Crippen LogP contribution in [0, 0.1) is 0 Å². The predicted octanol–water partition coefficient (Wildman–Crippen LogP) is 2.61. The van der Waals surface area contributed by atoms with E-state index < -0.39 is 0 Å². The summed E-state index contributed by atoms with van der Waals surface area (Å²) in [6.07, 6.45) is 11.6. The van der Waals surface area contributed by atoms with E-state index in [1.54, 1.807) is 7.85 Å². The quantitative estimate of drug-likeness (QED) is 0.661. The summed E-state index contributed by atoms with van der Waals surface area (Å²) < 4.78 is 0. The smallest absolute Gasteiger partial charge is 0.215 e. The summed E-state index contributed by atoms with van der Waals surface area (Å²) in [5.41, 5.74) is 0.0587. The summed E-state index contributed by atoms with van der Waals surface area (Å²) in [5.74, 6) is 0.120. The van der Waals surface area contributed by atoms with Crippen molar-refractivity contribution >= 4 is 13.7 Å². The van der Waals surface area contributed by atoms with Crippen molar-refractivity contribution in [1.82, 2.24) is 5.32 Å². The normalized spacial score (nSPS) is 23.0. The van der Waals surface area contributed by atoms with E-state index in [1.807, 2.05) is 0 Å². The van der Waals surface area contributed by atoms with Crippen molar-refractivity contribution in [3.05, 3.63) is 0 Å². The first-order valence-corrected chi connectivity index (χ1v) is 6.41. The van der Waals surface area contributed by atoms with Crippen LogP contribution in [0.2, 0.25) is 0 Å². The lowest BCUT2D eigenvalue weighted by molar-refractivity contribution is 0.236. The Labute approximate surface area is 94.6 Å². The monoisotopic (exact) mass is 209 g/mol. The molecule has 0 saturated heterocycles. The molecule has 1 N–H and O–H groups in total. The van der Waals surface area contributed by atoms with E-state index >= 15 is 0 Å². The molecule has 15 heavy (non-hydrogen) atoms. The molecule has 0 aromatic heterocycles. The van der Waals surface area contributed by atoms with Crippen LogP contribution in [0.25, 0.3) is 0 Å². The number of carbonyl (C=O) groups excluding carboxylic acids is 1. The molecule has 2 nitrogen and oxygen atoms in total. The van der Waals surface area contributed by atoms with Gasteiger partial charge in [0, 0.05) is 5.54 Å². The van der Waals surface area contributed by atoms with Gasteiger partial charge in [-0.1, -0.05) is 44.9 Å². The summed E-state index contributed by atoms with van der Waals surface area (Å²) in [5, 5.41) is 3.14. The second kappa shape index (κ2) is 6.19. The van der Waals surface area contributed by atoms with Crippen LogP contribution >= 0.6 is 0 Å². The van der Waals surface area contributed by atoms with Crippen molar-refractivity contribution in [3.8, 4) is 0 Å². The Morgan fingerprint density at radius 2 is 1.40 bits per heavy atom. The van der Waals surface area contributed by atoms with Gasteiger partial charge in [-0.05, 0) is 19.8 Å². The lowest BCUT2D eigenvalue weighted by Crippen LogP contribution is -2.45. The molecule has 0 spiro atoms.